The fraction of sp³-hybridized carbons (Fsp3) is 0.133. The van der Waals surface area contributed by atoms with E-state index in [1.807, 2.05) is 0 Å². The minimum atomic E-state index is -4.34. The molecule has 2 aromatic carbocycles. The number of carbonyl (C=O) groups is 1. The summed E-state index contributed by atoms with van der Waals surface area (Å²) < 4.78 is 37.4. The van der Waals surface area contributed by atoms with Gasteiger partial charge in [0.2, 0.25) is 0 Å². The van der Waals surface area contributed by atoms with Gasteiger partial charge < -0.3 is 0 Å². The number of carbonyl (C=O) groups excluding carboxylic acids is 1. The van der Waals surface area contributed by atoms with Gasteiger partial charge >= 0.3 is 6.18 Å². The summed E-state index contributed by atoms with van der Waals surface area (Å²) in [6, 6.07) is 10.1. The monoisotopic (exact) mass is 264 g/mol. The Hall–Kier alpha value is -2.10. The quantitative estimate of drug-likeness (QED) is 0.730. The maximum absolute atomic E-state index is 12.5. The van der Waals surface area contributed by atoms with Gasteiger partial charge in [0.1, 0.15) is 6.29 Å². The van der Waals surface area contributed by atoms with Crippen molar-refractivity contribution in [2.75, 3.05) is 0 Å². The van der Waals surface area contributed by atoms with E-state index in [9.17, 15) is 18.0 Å². The van der Waals surface area contributed by atoms with Gasteiger partial charge in [-0.2, -0.15) is 13.2 Å². The summed E-state index contributed by atoms with van der Waals surface area (Å²) in [7, 11) is 0. The molecular formula is C15H11F3O. The maximum Gasteiger partial charge on any atom is 0.416 e. The molecule has 0 fully saturated rings. The number of alkyl halides is 3. The zero-order valence-corrected chi connectivity index (χ0v) is 10.2. The zero-order chi connectivity index (χ0) is 14.0. The van der Waals surface area contributed by atoms with Crippen LogP contribution in [0.25, 0.3) is 11.1 Å². The van der Waals surface area contributed by atoms with Crippen LogP contribution in [0, 0.1) is 6.92 Å². The molecule has 0 aromatic heterocycles. The topological polar surface area (TPSA) is 17.1 Å². The van der Waals surface area contributed by atoms with Crippen LogP contribution in [-0.4, -0.2) is 6.29 Å². The van der Waals surface area contributed by atoms with Crippen molar-refractivity contribution < 1.29 is 18.0 Å². The maximum atomic E-state index is 12.5. The van der Waals surface area contributed by atoms with Crippen LogP contribution in [0.4, 0.5) is 13.2 Å². The Bertz CT molecular complexity index is 598. The van der Waals surface area contributed by atoms with Crippen molar-refractivity contribution in [3.63, 3.8) is 0 Å². The van der Waals surface area contributed by atoms with Gasteiger partial charge in [0.25, 0.3) is 0 Å². The summed E-state index contributed by atoms with van der Waals surface area (Å²) in [5.41, 5.74) is 2.04. The van der Waals surface area contributed by atoms with Gasteiger partial charge in [-0.15, -0.1) is 0 Å². The van der Waals surface area contributed by atoms with Crippen molar-refractivity contribution in [1.29, 1.82) is 0 Å². The Labute approximate surface area is 108 Å². The molecule has 0 N–H and O–H groups in total. The molecule has 0 unspecified atom stereocenters. The van der Waals surface area contributed by atoms with Crippen molar-refractivity contribution in [2.45, 2.75) is 13.1 Å². The van der Waals surface area contributed by atoms with Gasteiger partial charge in [0, 0.05) is 5.56 Å². The molecule has 2 aromatic rings. The number of hydrogen-bond acceptors (Lipinski definition) is 1. The average molecular weight is 264 g/mol. The molecule has 0 aliphatic heterocycles. The molecule has 0 atom stereocenters. The van der Waals surface area contributed by atoms with Crippen molar-refractivity contribution in [3.05, 3.63) is 59.2 Å². The van der Waals surface area contributed by atoms with Crippen molar-refractivity contribution in [2.24, 2.45) is 0 Å². The second-order valence-corrected chi connectivity index (χ2v) is 4.21. The predicted molar refractivity (Wildman–Crippen MR) is 67.0 cm³/mol. The lowest BCUT2D eigenvalue weighted by atomic mass is 9.96. The molecular weight excluding hydrogens is 253 g/mol. The van der Waals surface area contributed by atoms with Crippen LogP contribution in [0.5, 0.6) is 0 Å². The first-order chi connectivity index (χ1) is 8.93. The summed E-state index contributed by atoms with van der Waals surface area (Å²) in [6.07, 6.45) is -3.60. The first-order valence-corrected chi connectivity index (χ1v) is 5.66. The molecule has 98 valence electrons. The Balaban J connectivity index is 2.46. The smallest absolute Gasteiger partial charge is 0.298 e. The molecule has 0 saturated heterocycles. The molecule has 1 nitrogen and oxygen atoms in total. The number of hydrogen-bond donors (Lipinski definition) is 0. The highest BCUT2D eigenvalue weighted by atomic mass is 19.4. The van der Waals surface area contributed by atoms with Gasteiger partial charge in [-0.1, -0.05) is 30.3 Å². The second kappa shape index (κ2) is 4.88. The van der Waals surface area contributed by atoms with Gasteiger partial charge in [0.05, 0.1) is 5.56 Å². The number of rotatable bonds is 2. The fourth-order valence-corrected chi connectivity index (χ4v) is 1.93. The first kappa shape index (κ1) is 13.3. The molecule has 0 saturated carbocycles. The van der Waals surface area contributed by atoms with Crippen molar-refractivity contribution in [1.82, 2.24) is 0 Å². The minimum Gasteiger partial charge on any atom is -0.298 e. The van der Waals surface area contributed by atoms with Crippen LogP contribution >= 0.6 is 0 Å². The fourth-order valence-electron chi connectivity index (χ4n) is 1.93. The number of aldehydes is 1. The molecule has 0 amide bonds. The van der Waals surface area contributed by atoms with Crippen LogP contribution in [0.2, 0.25) is 0 Å². The third kappa shape index (κ3) is 2.67. The average Bonchev–Trinajstić information content (AvgIpc) is 2.38. The molecule has 0 bridgehead atoms. The summed E-state index contributed by atoms with van der Waals surface area (Å²) in [6.45, 7) is 1.77. The van der Waals surface area contributed by atoms with Crippen LogP contribution in [0.1, 0.15) is 21.5 Å². The van der Waals surface area contributed by atoms with Crippen molar-refractivity contribution >= 4 is 6.29 Å². The molecule has 2 rings (SSSR count). The number of halogens is 3. The Morgan fingerprint density at radius 2 is 1.63 bits per heavy atom. The highest BCUT2D eigenvalue weighted by molar-refractivity contribution is 5.82. The van der Waals surface area contributed by atoms with E-state index in [2.05, 4.69) is 0 Å². The van der Waals surface area contributed by atoms with E-state index in [0.717, 1.165) is 29.5 Å². The highest BCUT2D eigenvalue weighted by Crippen LogP contribution is 2.32. The Kier molecular flexibility index (Phi) is 3.42. The largest absolute Gasteiger partial charge is 0.416 e. The molecule has 0 heterocycles. The minimum absolute atomic E-state index is 0.539. The van der Waals surface area contributed by atoms with Gasteiger partial charge in [-0.3, -0.25) is 4.79 Å². The van der Waals surface area contributed by atoms with E-state index < -0.39 is 11.7 Å². The summed E-state index contributed by atoms with van der Waals surface area (Å²) >= 11 is 0. The van der Waals surface area contributed by atoms with Crippen LogP contribution in [-0.2, 0) is 6.18 Å². The first-order valence-electron chi connectivity index (χ1n) is 5.66. The van der Waals surface area contributed by atoms with E-state index in [1.165, 1.54) is 12.1 Å². The van der Waals surface area contributed by atoms with Crippen molar-refractivity contribution in [3.8, 4) is 11.1 Å². The van der Waals surface area contributed by atoms with E-state index in [4.69, 9.17) is 0 Å². The highest BCUT2D eigenvalue weighted by Gasteiger charge is 2.29. The van der Waals surface area contributed by atoms with Crippen LogP contribution in [0.3, 0.4) is 0 Å². The van der Waals surface area contributed by atoms with E-state index in [0.29, 0.717) is 11.1 Å². The lowest BCUT2D eigenvalue weighted by molar-refractivity contribution is -0.137. The Morgan fingerprint density at radius 1 is 1.00 bits per heavy atom. The Morgan fingerprint density at radius 3 is 2.16 bits per heavy atom. The molecule has 0 aliphatic carbocycles. The van der Waals surface area contributed by atoms with Gasteiger partial charge in [0.15, 0.2) is 0 Å². The summed E-state index contributed by atoms with van der Waals surface area (Å²) in [4.78, 5) is 10.8. The van der Waals surface area contributed by atoms with E-state index in [-0.39, 0.29) is 0 Å². The number of benzene rings is 2. The standard InChI is InChI=1S/C15H11F3O/c1-10-12(9-19)3-2-4-14(10)11-5-7-13(8-6-11)15(16,17)18/h2-9H,1H3. The van der Waals surface area contributed by atoms with Gasteiger partial charge in [-0.25, -0.2) is 0 Å². The van der Waals surface area contributed by atoms with Gasteiger partial charge in [-0.05, 0) is 35.7 Å². The zero-order valence-electron chi connectivity index (χ0n) is 10.2. The van der Waals surface area contributed by atoms with E-state index in [1.54, 1.807) is 25.1 Å². The molecule has 0 radical (unpaired) electrons. The molecule has 19 heavy (non-hydrogen) atoms. The second-order valence-electron chi connectivity index (χ2n) is 4.21. The summed E-state index contributed by atoms with van der Waals surface area (Å²) in [5.74, 6) is 0. The van der Waals surface area contributed by atoms with Crippen LogP contribution in [0.15, 0.2) is 42.5 Å². The molecule has 4 heteroatoms. The third-order valence-corrected chi connectivity index (χ3v) is 3.03. The summed E-state index contributed by atoms with van der Waals surface area (Å²) in [5, 5.41) is 0. The lowest BCUT2D eigenvalue weighted by Gasteiger charge is -2.10. The molecule has 0 aliphatic rings. The third-order valence-electron chi connectivity index (χ3n) is 3.03. The normalized spacial score (nSPS) is 11.4. The predicted octanol–water partition coefficient (Wildman–Crippen LogP) is 4.49. The SMILES string of the molecule is Cc1c(C=O)cccc1-c1ccc(C(F)(F)F)cc1. The van der Waals surface area contributed by atoms with Crippen LogP contribution < -0.4 is 0 Å². The molecule has 0 spiro atoms. The lowest BCUT2D eigenvalue weighted by Crippen LogP contribution is -2.04. The van der Waals surface area contributed by atoms with E-state index >= 15 is 0 Å².